The quantitative estimate of drug-likeness (QED) is 0.0299. The fourth-order valence-corrected chi connectivity index (χ4v) is 5.47. The van der Waals surface area contributed by atoms with Crippen LogP contribution in [0.3, 0.4) is 0 Å². The first-order valence-corrected chi connectivity index (χ1v) is 20.5. The Kier molecular flexibility index (Phi) is 33.6. The minimum atomic E-state index is -0.886. The number of allylic oxidation sites excluding steroid dienone is 12. The number of aliphatic carboxylic acids is 1. The van der Waals surface area contributed by atoms with Crippen LogP contribution in [0.4, 0.5) is 0 Å². The SMILES string of the molecule is CC/C=C/C/C=C/C/C=C/C/C=C/CCCCCCCCCC(=O)OCC(COCCC(C(=O)O)[N+](C)(C)C)OC(=O)CCCC/C=C/C/C=C/CC. The van der Waals surface area contributed by atoms with E-state index in [1.54, 1.807) is 0 Å². The van der Waals surface area contributed by atoms with E-state index in [4.69, 9.17) is 14.2 Å². The molecule has 2 unspecified atom stereocenters. The van der Waals surface area contributed by atoms with Gasteiger partial charge in [0, 0.05) is 19.3 Å². The molecule has 0 aliphatic carbocycles. The van der Waals surface area contributed by atoms with Crippen molar-refractivity contribution in [3.05, 3.63) is 72.9 Å². The number of likely N-dealkylation sites (N-methyl/N-ethyl adjacent to an activating group) is 1. The maximum Gasteiger partial charge on any atom is 0.362 e. The lowest BCUT2D eigenvalue weighted by atomic mass is 10.1. The van der Waals surface area contributed by atoms with Crippen LogP contribution in [0, 0.1) is 0 Å². The number of carboxylic acids is 1. The number of rotatable bonds is 35. The third kappa shape index (κ3) is 34.3. The topological polar surface area (TPSA) is 99.1 Å². The molecule has 0 fully saturated rings. The molecule has 2 atom stereocenters. The van der Waals surface area contributed by atoms with Crippen molar-refractivity contribution in [2.45, 2.75) is 154 Å². The van der Waals surface area contributed by atoms with Crippen molar-refractivity contribution in [3.8, 4) is 0 Å². The standard InChI is InChI=1S/C45H75NO7/c1-6-8-10-12-14-16-17-18-19-20-21-22-23-24-25-26-28-29-31-33-35-43(47)52-40-41(39-51-38-37-42(45(49)50)46(3,4)5)53-44(48)36-34-32-30-27-15-13-11-9-7-2/h8-11,14-16,18-19,21-22,27,41-42H,6-7,12-13,17,20,23-26,28-40H2,1-5H3/p+1/b10-8+,11-9+,16-14+,19-18+,22-21+,27-15+. The summed E-state index contributed by atoms with van der Waals surface area (Å²) in [5.41, 5.74) is 0. The number of hydrogen-bond acceptors (Lipinski definition) is 6. The lowest BCUT2D eigenvalue weighted by Gasteiger charge is -2.31. The zero-order valence-electron chi connectivity index (χ0n) is 34.2. The van der Waals surface area contributed by atoms with E-state index in [1.165, 1.54) is 25.7 Å². The number of nitrogens with zero attached hydrogens (tertiary/aromatic N) is 1. The van der Waals surface area contributed by atoms with Crippen LogP contribution in [0.5, 0.6) is 0 Å². The first-order chi connectivity index (χ1) is 25.6. The molecule has 0 bridgehead atoms. The molecule has 0 rings (SSSR count). The van der Waals surface area contributed by atoms with Gasteiger partial charge in [-0.25, -0.2) is 4.79 Å². The molecule has 302 valence electrons. The first-order valence-electron chi connectivity index (χ1n) is 20.5. The van der Waals surface area contributed by atoms with Crippen molar-refractivity contribution < 1.29 is 38.2 Å². The summed E-state index contributed by atoms with van der Waals surface area (Å²) in [7, 11) is 5.49. The zero-order valence-corrected chi connectivity index (χ0v) is 34.2. The molecule has 0 aromatic carbocycles. The Hall–Kier alpha value is -3.23. The van der Waals surface area contributed by atoms with Gasteiger partial charge in [0.1, 0.15) is 6.61 Å². The lowest BCUT2D eigenvalue weighted by molar-refractivity contribution is -0.887. The summed E-state index contributed by atoms with van der Waals surface area (Å²) in [5, 5.41) is 9.58. The van der Waals surface area contributed by atoms with E-state index in [0.29, 0.717) is 19.3 Å². The Labute approximate surface area is 323 Å². The molecule has 0 radical (unpaired) electrons. The minimum absolute atomic E-state index is 0.0405. The van der Waals surface area contributed by atoms with E-state index in [2.05, 4.69) is 86.8 Å². The van der Waals surface area contributed by atoms with Crippen LogP contribution in [0.2, 0.25) is 0 Å². The summed E-state index contributed by atoms with van der Waals surface area (Å²) in [6.07, 6.45) is 43.9. The van der Waals surface area contributed by atoms with Crippen LogP contribution in [0.25, 0.3) is 0 Å². The summed E-state index contributed by atoms with van der Waals surface area (Å²) >= 11 is 0. The summed E-state index contributed by atoms with van der Waals surface area (Å²) in [6.45, 7) is 4.42. The fourth-order valence-electron chi connectivity index (χ4n) is 5.47. The fraction of sp³-hybridized carbons (Fsp3) is 0.667. The molecular weight excluding hydrogens is 666 g/mol. The Morgan fingerprint density at radius 1 is 0.566 bits per heavy atom. The monoisotopic (exact) mass is 743 g/mol. The largest absolute Gasteiger partial charge is 0.477 e. The highest BCUT2D eigenvalue weighted by Crippen LogP contribution is 2.12. The average Bonchev–Trinajstić information content (AvgIpc) is 3.11. The van der Waals surface area contributed by atoms with Crippen LogP contribution in [-0.2, 0) is 28.6 Å². The summed E-state index contributed by atoms with van der Waals surface area (Å²) in [4.78, 5) is 36.8. The molecule has 0 saturated heterocycles. The van der Waals surface area contributed by atoms with Crippen molar-refractivity contribution in [1.29, 1.82) is 0 Å². The van der Waals surface area contributed by atoms with Crippen molar-refractivity contribution in [2.75, 3.05) is 41.0 Å². The Balaban J connectivity index is 4.33. The maximum absolute atomic E-state index is 12.6. The minimum Gasteiger partial charge on any atom is -0.477 e. The molecule has 8 heteroatoms. The molecule has 0 heterocycles. The van der Waals surface area contributed by atoms with Crippen LogP contribution in [0.1, 0.15) is 142 Å². The van der Waals surface area contributed by atoms with E-state index < -0.39 is 18.1 Å². The number of esters is 2. The van der Waals surface area contributed by atoms with Gasteiger partial charge in [-0.1, -0.05) is 119 Å². The number of carbonyl (C=O) groups excluding carboxylic acids is 2. The van der Waals surface area contributed by atoms with Gasteiger partial charge in [0.05, 0.1) is 34.4 Å². The van der Waals surface area contributed by atoms with Gasteiger partial charge in [-0.15, -0.1) is 0 Å². The maximum atomic E-state index is 12.6. The summed E-state index contributed by atoms with van der Waals surface area (Å²) < 4.78 is 17.1. The van der Waals surface area contributed by atoms with E-state index in [-0.39, 0.29) is 42.7 Å². The molecule has 0 amide bonds. The van der Waals surface area contributed by atoms with Crippen molar-refractivity contribution >= 4 is 17.9 Å². The summed E-state index contributed by atoms with van der Waals surface area (Å²) in [5.74, 6) is -1.54. The Bertz CT molecular complexity index is 1100. The van der Waals surface area contributed by atoms with Crippen molar-refractivity contribution in [1.82, 2.24) is 0 Å². The zero-order chi connectivity index (χ0) is 39.3. The molecule has 0 aliphatic heterocycles. The van der Waals surface area contributed by atoms with Gasteiger partial charge in [0.2, 0.25) is 0 Å². The number of carbonyl (C=O) groups is 3. The van der Waals surface area contributed by atoms with Gasteiger partial charge in [-0.05, 0) is 77.0 Å². The van der Waals surface area contributed by atoms with Crippen LogP contribution in [-0.4, -0.2) is 80.6 Å². The van der Waals surface area contributed by atoms with E-state index in [1.807, 2.05) is 21.1 Å². The first kappa shape index (κ1) is 49.8. The molecule has 1 N–H and O–H groups in total. The highest BCUT2D eigenvalue weighted by molar-refractivity contribution is 5.72. The number of unbranched alkanes of at least 4 members (excludes halogenated alkanes) is 9. The second-order valence-corrected chi connectivity index (χ2v) is 14.5. The van der Waals surface area contributed by atoms with Gasteiger partial charge in [-0.2, -0.15) is 0 Å². The van der Waals surface area contributed by atoms with Gasteiger partial charge < -0.3 is 23.8 Å². The van der Waals surface area contributed by atoms with Gasteiger partial charge >= 0.3 is 17.9 Å². The van der Waals surface area contributed by atoms with Crippen molar-refractivity contribution in [2.24, 2.45) is 0 Å². The van der Waals surface area contributed by atoms with Gasteiger partial charge in [0.25, 0.3) is 0 Å². The molecule has 0 spiro atoms. The number of hydrogen-bond donors (Lipinski definition) is 1. The van der Waals surface area contributed by atoms with E-state index in [0.717, 1.165) is 77.0 Å². The molecular formula is C45H76NO7+. The lowest BCUT2D eigenvalue weighted by Crippen LogP contribution is -2.50. The summed E-state index contributed by atoms with van der Waals surface area (Å²) in [6, 6.07) is -0.623. The predicted molar refractivity (Wildman–Crippen MR) is 220 cm³/mol. The Morgan fingerprint density at radius 3 is 1.51 bits per heavy atom. The molecule has 0 aromatic rings. The Morgan fingerprint density at radius 2 is 1.00 bits per heavy atom. The number of carboxylic acid groups (broad SMARTS) is 1. The second-order valence-electron chi connectivity index (χ2n) is 14.5. The van der Waals surface area contributed by atoms with Gasteiger partial charge in [-0.3, -0.25) is 9.59 Å². The molecule has 0 aliphatic rings. The number of quaternary nitrogens is 1. The molecule has 8 nitrogen and oxygen atoms in total. The molecule has 0 aromatic heterocycles. The molecule has 0 saturated carbocycles. The van der Waals surface area contributed by atoms with E-state index in [9.17, 15) is 19.5 Å². The van der Waals surface area contributed by atoms with Gasteiger partial charge in [0.15, 0.2) is 12.1 Å². The van der Waals surface area contributed by atoms with Crippen molar-refractivity contribution in [3.63, 3.8) is 0 Å². The third-order valence-electron chi connectivity index (χ3n) is 8.60. The third-order valence-corrected chi connectivity index (χ3v) is 8.60. The van der Waals surface area contributed by atoms with Crippen LogP contribution >= 0.6 is 0 Å². The average molecular weight is 743 g/mol. The van der Waals surface area contributed by atoms with Crippen LogP contribution in [0.15, 0.2) is 72.9 Å². The predicted octanol–water partition coefficient (Wildman–Crippen LogP) is 10.8. The number of ether oxygens (including phenoxy) is 3. The van der Waals surface area contributed by atoms with E-state index >= 15 is 0 Å². The molecule has 53 heavy (non-hydrogen) atoms. The highest BCUT2D eigenvalue weighted by Gasteiger charge is 2.31. The second kappa shape index (κ2) is 35.8. The van der Waals surface area contributed by atoms with Crippen LogP contribution < -0.4 is 0 Å². The smallest absolute Gasteiger partial charge is 0.362 e. The normalized spacial score (nSPS) is 13.8. The highest BCUT2D eigenvalue weighted by atomic mass is 16.6.